The van der Waals surface area contributed by atoms with Gasteiger partial charge >= 0.3 is 6.01 Å². The minimum Gasteiger partial charge on any atom is -0.467 e. The molecular weight excluding hydrogens is 600 g/mol. The second kappa shape index (κ2) is 16.7. The van der Waals surface area contributed by atoms with Crippen molar-refractivity contribution in [2.75, 3.05) is 69.8 Å². The SMILES string of the molecule is CC#N.CN1CCCC1.COc1nc2c(c(N3CCN(C(=O)/C=C/c4ccncc4)CC3)n1)CCN(c1cccc3cccc(C)c13)C2. The maximum Gasteiger partial charge on any atom is 0.318 e. The fraction of sp³-hybridized carbons (Fsp3) is 0.395. The smallest absolute Gasteiger partial charge is 0.318 e. The summed E-state index contributed by atoms with van der Waals surface area (Å²) in [5.41, 5.74) is 5.67. The average molecular weight is 647 g/mol. The first-order valence-electron chi connectivity index (χ1n) is 16.7. The summed E-state index contributed by atoms with van der Waals surface area (Å²) in [7, 11) is 3.79. The molecule has 2 aromatic carbocycles. The predicted octanol–water partition coefficient (Wildman–Crippen LogP) is 5.51. The number of aryl methyl sites for hydroxylation is 1. The molecule has 0 spiro atoms. The van der Waals surface area contributed by atoms with E-state index in [0.29, 0.717) is 38.7 Å². The van der Waals surface area contributed by atoms with E-state index >= 15 is 0 Å². The minimum atomic E-state index is 0.0229. The van der Waals surface area contributed by atoms with Crippen LogP contribution in [0.4, 0.5) is 11.5 Å². The number of ether oxygens (including phenoxy) is 1. The highest BCUT2D eigenvalue weighted by molar-refractivity contribution is 5.97. The van der Waals surface area contributed by atoms with Crippen LogP contribution in [-0.2, 0) is 17.8 Å². The number of carbonyl (C=O) groups excluding carboxylic acids is 1. The van der Waals surface area contributed by atoms with E-state index in [0.717, 1.165) is 30.0 Å². The van der Waals surface area contributed by atoms with Gasteiger partial charge in [-0.15, -0.1) is 0 Å². The first kappa shape index (κ1) is 34.3. The van der Waals surface area contributed by atoms with Crippen LogP contribution in [0.2, 0.25) is 0 Å². The third-order valence-corrected chi connectivity index (χ3v) is 8.98. The number of amides is 1. The standard InChI is InChI=1S/C31H32N6O2.C5H11N.C2H3N/c1-22-5-3-6-24-7-4-8-27(29(22)24)37-16-13-25-26(21-37)33-31(39-2)34-30(25)36-19-17-35(18-20-36)28(38)10-9-23-11-14-32-15-12-23;1-6-4-2-3-5-6;1-2-3/h3-12,14-15H,13,16-21H2,1-2H3;2-5H2,1H3;1H3/b10-9+;;. The molecule has 3 aliphatic heterocycles. The molecule has 0 atom stereocenters. The average Bonchev–Trinajstić information content (AvgIpc) is 3.61. The number of piperazine rings is 1. The molecule has 250 valence electrons. The number of hydrogen-bond donors (Lipinski definition) is 0. The van der Waals surface area contributed by atoms with E-state index in [1.165, 1.54) is 60.4 Å². The van der Waals surface area contributed by atoms with Gasteiger partial charge in [-0.1, -0.05) is 30.3 Å². The van der Waals surface area contributed by atoms with Gasteiger partial charge in [0.15, 0.2) is 0 Å². The number of nitriles is 1. The van der Waals surface area contributed by atoms with Crippen LogP contribution in [0.3, 0.4) is 0 Å². The minimum absolute atomic E-state index is 0.0229. The van der Waals surface area contributed by atoms with Crippen LogP contribution in [0.15, 0.2) is 67.0 Å². The van der Waals surface area contributed by atoms with E-state index in [1.54, 1.807) is 31.6 Å². The molecule has 0 bridgehead atoms. The van der Waals surface area contributed by atoms with Crippen molar-refractivity contribution in [1.29, 1.82) is 5.26 Å². The summed E-state index contributed by atoms with van der Waals surface area (Å²) in [4.78, 5) is 35.3. The highest BCUT2D eigenvalue weighted by Gasteiger charge is 2.29. The van der Waals surface area contributed by atoms with E-state index in [1.807, 2.05) is 23.1 Å². The van der Waals surface area contributed by atoms with Gasteiger partial charge < -0.3 is 24.3 Å². The van der Waals surface area contributed by atoms with Crippen LogP contribution in [0, 0.1) is 18.3 Å². The zero-order chi connectivity index (χ0) is 33.9. The Kier molecular flexibility index (Phi) is 11.9. The van der Waals surface area contributed by atoms with E-state index in [-0.39, 0.29) is 5.91 Å². The molecule has 4 aromatic rings. The van der Waals surface area contributed by atoms with E-state index in [4.69, 9.17) is 20.0 Å². The molecule has 0 N–H and O–H groups in total. The number of nitrogens with zero attached hydrogens (tertiary/aromatic N) is 8. The Morgan fingerprint density at radius 3 is 2.25 bits per heavy atom. The monoisotopic (exact) mass is 646 g/mol. The predicted molar refractivity (Wildman–Crippen MR) is 192 cm³/mol. The van der Waals surface area contributed by atoms with Crippen molar-refractivity contribution in [2.45, 2.75) is 39.7 Å². The fourth-order valence-electron chi connectivity index (χ4n) is 6.48. The van der Waals surface area contributed by atoms with Crippen molar-refractivity contribution in [1.82, 2.24) is 24.8 Å². The molecule has 0 saturated carbocycles. The van der Waals surface area contributed by atoms with E-state index in [2.05, 4.69) is 70.1 Å². The molecule has 5 heterocycles. The van der Waals surface area contributed by atoms with Gasteiger partial charge in [0.25, 0.3) is 0 Å². The quantitative estimate of drug-likeness (QED) is 0.260. The topological polar surface area (TPSA) is 102 Å². The highest BCUT2D eigenvalue weighted by Crippen LogP contribution is 2.35. The van der Waals surface area contributed by atoms with Crippen molar-refractivity contribution < 1.29 is 9.53 Å². The Morgan fingerprint density at radius 2 is 1.60 bits per heavy atom. The molecule has 2 fully saturated rings. The number of carbonyl (C=O) groups is 1. The van der Waals surface area contributed by atoms with Gasteiger partial charge in [-0.2, -0.15) is 15.2 Å². The molecule has 2 aromatic heterocycles. The molecule has 3 aliphatic rings. The summed E-state index contributed by atoms with van der Waals surface area (Å²) < 4.78 is 5.53. The van der Waals surface area contributed by atoms with Gasteiger partial charge in [0.1, 0.15) is 5.82 Å². The summed E-state index contributed by atoms with van der Waals surface area (Å²) >= 11 is 0. The lowest BCUT2D eigenvalue weighted by atomic mass is 9.99. The molecule has 0 radical (unpaired) electrons. The number of benzene rings is 2. The van der Waals surface area contributed by atoms with Crippen molar-refractivity contribution in [3.05, 3.63) is 89.4 Å². The third kappa shape index (κ3) is 8.47. The Labute approximate surface area is 284 Å². The molecular formula is C38H46N8O2. The van der Waals surface area contributed by atoms with Crippen molar-refractivity contribution >= 4 is 34.3 Å². The number of fused-ring (bicyclic) bond motifs is 2. The zero-order valence-electron chi connectivity index (χ0n) is 28.6. The Hall–Kier alpha value is -5.01. The van der Waals surface area contributed by atoms with Gasteiger partial charge in [-0.05, 0) is 87.1 Å². The lowest BCUT2D eigenvalue weighted by Crippen LogP contribution is -2.49. The number of likely N-dealkylation sites (tertiary alicyclic amines) is 1. The summed E-state index contributed by atoms with van der Waals surface area (Å²) in [6.45, 7) is 10.5. The zero-order valence-corrected chi connectivity index (χ0v) is 28.6. The van der Waals surface area contributed by atoms with Gasteiger partial charge in [-0.25, -0.2) is 0 Å². The number of anilines is 2. The van der Waals surface area contributed by atoms with Crippen LogP contribution < -0.4 is 14.5 Å². The molecule has 2 saturated heterocycles. The molecule has 1 amide bonds. The molecule has 7 rings (SSSR count). The van der Waals surface area contributed by atoms with Gasteiger partial charge in [0.2, 0.25) is 5.91 Å². The summed E-state index contributed by atoms with van der Waals surface area (Å²) in [5.74, 6) is 0.958. The third-order valence-electron chi connectivity index (χ3n) is 8.98. The highest BCUT2D eigenvalue weighted by atomic mass is 16.5. The van der Waals surface area contributed by atoms with Crippen molar-refractivity contribution in [3.63, 3.8) is 0 Å². The molecule has 10 heteroatoms. The van der Waals surface area contributed by atoms with Crippen LogP contribution in [0.25, 0.3) is 16.8 Å². The van der Waals surface area contributed by atoms with Crippen molar-refractivity contribution in [2.24, 2.45) is 0 Å². The summed E-state index contributed by atoms with van der Waals surface area (Å²) in [5, 5.41) is 9.87. The first-order valence-corrected chi connectivity index (χ1v) is 16.7. The van der Waals surface area contributed by atoms with E-state index < -0.39 is 0 Å². The summed E-state index contributed by atoms with van der Waals surface area (Å²) in [6, 6.07) is 18.9. The van der Waals surface area contributed by atoms with E-state index in [9.17, 15) is 4.79 Å². The van der Waals surface area contributed by atoms with Crippen LogP contribution in [0.1, 0.15) is 42.1 Å². The molecule has 48 heavy (non-hydrogen) atoms. The van der Waals surface area contributed by atoms with Gasteiger partial charge in [-0.3, -0.25) is 9.78 Å². The van der Waals surface area contributed by atoms with Crippen LogP contribution in [0.5, 0.6) is 6.01 Å². The van der Waals surface area contributed by atoms with Crippen LogP contribution >= 0.6 is 0 Å². The lowest BCUT2D eigenvalue weighted by Gasteiger charge is -2.38. The fourth-order valence-corrected chi connectivity index (χ4v) is 6.48. The van der Waals surface area contributed by atoms with Crippen LogP contribution in [-0.4, -0.2) is 90.6 Å². The lowest BCUT2D eigenvalue weighted by molar-refractivity contribution is -0.126. The Balaban J connectivity index is 0.000000440. The van der Waals surface area contributed by atoms with Crippen molar-refractivity contribution in [3.8, 4) is 12.1 Å². The molecule has 10 nitrogen and oxygen atoms in total. The Bertz CT molecular complexity index is 1730. The number of methoxy groups -OCH3 is 1. The van der Waals surface area contributed by atoms with Gasteiger partial charge in [0.05, 0.1) is 25.4 Å². The number of pyridine rings is 1. The first-order chi connectivity index (χ1) is 23.4. The second-order valence-corrected chi connectivity index (χ2v) is 12.2. The maximum atomic E-state index is 12.8. The number of hydrogen-bond acceptors (Lipinski definition) is 9. The normalized spacial score (nSPS) is 16.0. The number of rotatable bonds is 5. The molecule has 0 aliphatic carbocycles. The summed E-state index contributed by atoms with van der Waals surface area (Å²) in [6.07, 6.45) is 10.6. The molecule has 0 unspecified atom stereocenters. The maximum absolute atomic E-state index is 12.8. The Morgan fingerprint density at radius 1 is 0.917 bits per heavy atom. The second-order valence-electron chi connectivity index (χ2n) is 12.2. The number of aromatic nitrogens is 3. The van der Waals surface area contributed by atoms with Gasteiger partial charge in [0, 0.05) is 74.8 Å². The largest absolute Gasteiger partial charge is 0.467 e.